The number of likely N-dealkylation sites (N-methyl/N-ethyl adjacent to an activating group) is 1. The Morgan fingerprint density at radius 1 is 1.33 bits per heavy atom. The molecule has 0 saturated carbocycles. The number of hydrogen-bond donors (Lipinski definition) is 2. The summed E-state index contributed by atoms with van der Waals surface area (Å²) in [6.45, 7) is 0. The van der Waals surface area contributed by atoms with Crippen LogP contribution in [0.15, 0.2) is 30.5 Å². The first kappa shape index (κ1) is 10.8. The lowest BCUT2D eigenvalue weighted by atomic mass is 10.1. The molecule has 1 atom stereocenters. The van der Waals surface area contributed by atoms with Gasteiger partial charge in [0.15, 0.2) is 0 Å². The molecule has 1 aromatic carbocycles. The molecule has 3 amide bonds. The van der Waals surface area contributed by atoms with E-state index in [4.69, 9.17) is 0 Å². The molecule has 2 N–H and O–H groups in total. The van der Waals surface area contributed by atoms with E-state index < -0.39 is 6.04 Å². The molecule has 1 aliphatic rings. The fourth-order valence-corrected chi connectivity index (χ4v) is 2.30. The topological polar surface area (TPSA) is 65.2 Å². The minimum Gasteiger partial charge on any atom is -0.361 e. The molecule has 1 aliphatic heterocycles. The van der Waals surface area contributed by atoms with Gasteiger partial charge in [-0.05, 0) is 11.6 Å². The van der Waals surface area contributed by atoms with E-state index in [1.165, 1.54) is 7.05 Å². The Bertz CT molecular complexity index is 641. The number of nitrogens with one attached hydrogen (secondary N) is 2. The molecule has 96 valence electrons. The lowest BCUT2D eigenvalue weighted by molar-refractivity contribution is -0.126. The van der Waals surface area contributed by atoms with Gasteiger partial charge in [-0.15, -0.1) is 0 Å². The highest BCUT2D eigenvalue weighted by Gasteiger charge is 2.35. The van der Waals surface area contributed by atoms with Gasteiger partial charge >= 0.3 is 6.03 Å². The number of benzene rings is 1. The maximum Gasteiger partial charge on any atom is 0.324 e. The van der Waals surface area contributed by atoms with Crippen LogP contribution in [0.4, 0.5) is 4.79 Å². The molecule has 0 spiro atoms. The van der Waals surface area contributed by atoms with Crippen molar-refractivity contribution in [3.63, 3.8) is 0 Å². The zero-order valence-electron chi connectivity index (χ0n) is 9.93. The van der Waals surface area contributed by atoms with Gasteiger partial charge in [0.25, 0.3) is 5.91 Å². The van der Waals surface area contributed by atoms with E-state index in [1.807, 2.05) is 30.5 Å². The average molecular weight is 247 g/mol. The summed E-state index contributed by atoms with van der Waals surface area (Å²) in [5.41, 5.74) is 2.08. The van der Waals surface area contributed by atoms with E-state index in [-0.39, 0.29) is 14.8 Å². The molecule has 2 heterocycles. The van der Waals surface area contributed by atoms with Crippen molar-refractivity contribution < 1.29 is 12.4 Å². The Labute approximate surface area is 107 Å². The first-order valence-corrected chi connectivity index (χ1v) is 5.80. The monoisotopic (exact) mass is 247 g/mol. The van der Waals surface area contributed by atoms with Gasteiger partial charge in [0.1, 0.15) is 6.04 Å². The van der Waals surface area contributed by atoms with E-state index in [0.29, 0.717) is 6.42 Å². The average Bonchev–Trinajstić information content (AvgIpc) is 2.89. The van der Waals surface area contributed by atoms with Crippen LogP contribution >= 0.6 is 0 Å². The Morgan fingerprint density at radius 3 is 2.83 bits per heavy atom. The third-order valence-corrected chi connectivity index (χ3v) is 3.33. The van der Waals surface area contributed by atoms with Crippen LogP contribution in [-0.4, -0.2) is 34.9 Å². The van der Waals surface area contributed by atoms with Crippen molar-refractivity contribution in [2.45, 2.75) is 12.5 Å². The molecule has 5 nitrogen and oxygen atoms in total. The fraction of sp³-hybridized carbons (Fsp3) is 0.231. The third kappa shape index (κ3) is 1.55. The van der Waals surface area contributed by atoms with Gasteiger partial charge in [-0.1, -0.05) is 18.2 Å². The largest absolute Gasteiger partial charge is 0.361 e. The predicted molar refractivity (Wildman–Crippen MR) is 71.3 cm³/mol. The smallest absolute Gasteiger partial charge is 0.324 e. The van der Waals surface area contributed by atoms with Crippen molar-refractivity contribution in [1.82, 2.24) is 15.2 Å². The van der Waals surface area contributed by atoms with Gasteiger partial charge < -0.3 is 10.3 Å². The Kier molecular flexibility index (Phi) is 2.33. The van der Waals surface area contributed by atoms with Crippen LogP contribution in [0.1, 0.15) is 8.42 Å². The number of imide groups is 1. The first-order valence-electron chi connectivity index (χ1n) is 5.80. The number of carbonyl (C=O) groups excluding carboxylic acids is 2. The minimum atomic E-state index is -0.457. The summed E-state index contributed by atoms with van der Waals surface area (Å²) in [7, 11) is 1.49. The number of aromatic nitrogens is 1. The van der Waals surface area contributed by atoms with Crippen LogP contribution < -0.4 is 5.32 Å². The normalized spacial score (nSPS) is 19.6. The summed E-state index contributed by atoms with van der Waals surface area (Å²) in [5, 5.41) is 3.77. The molecule has 0 radical (unpaired) electrons. The van der Waals surface area contributed by atoms with E-state index in [2.05, 4.69) is 10.3 Å². The zero-order valence-corrected chi connectivity index (χ0v) is 9.93. The summed E-state index contributed by atoms with van der Waals surface area (Å²) in [5.74, 6) is -0.176. The molecule has 18 heavy (non-hydrogen) atoms. The number of carbonyl (C=O) groups is 2. The second-order valence-electron chi connectivity index (χ2n) is 4.46. The van der Waals surface area contributed by atoms with Gasteiger partial charge in [0, 0.05) is 33.4 Å². The first-order chi connectivity index (χ1) is 8.66. The molecule has 0 aliphatic carbocycles. The van der Waals surface area contributed by atoms with E-state index in [1.54, 1.807) is 0 Å². The number of fused-ring (bicyclic) bond motifs is 1. The number of amides is 3. The molecule has 5 heteroatoms. The summed E-state index contributed by atoms with van der Waals surface area (Å²) in [4.78, 5) is 27.5. The van der Waals surface area contributed by atoms with E-state index in [9.17, 15) is 9.59 Å². The second kappa shape index (κ2) is 3.87. The number of para-hydroxylation sites is 1. The summed E-state index contributed by atoms with van der Waals surface area (Å²) in [6.07, 6.45) is 2.40. The van der Waals surface area contributed by atoms with Crippen LogP contribution in [-0.2, 0) is 11.2 Å². The van der Waals surface area contributed by atoms with Crippen molar-refractivity contribution >= 4 is 22.8 Å². The van der Waals surface area contributed by atoms with Crippen molar-refractivity contribution in [2.75, 3.05) is 7.05 Å². The molecule has 3 rings (SSSR count). The highest BCUT2D eigenvalue weighted by atomic mass is 16.2. The lowest BCUT2D eigenvalue weighted by Crippen LogP contribution is -2.31. The molecule has 0 unspecified atom stereocenters. The van der Waals surface area contributed by atoms with Crippen LogP contribution in [0.25, 0.3) is 10.9 Å². The zero-order chi connectivity index (χ0) is 12.7. The van der Waals surface area contributed by atoms with Gasteiger partial charge in [-0.3, -0.25) is 9.69 Å². The SMILES string of the molecule is CN1C(=O)N[C@H](Cc2c[nH]c3ccccc23)C1=O.[HH].[HH]. The number of urea groups is 1. The molecule has 1 aromatic heterocycles. The summed E-state index contributed by atoms with van der Waals surface area (Å²) < 4.78 is 0. The minimum absolute atomic E-state index is 0. The summed E-state index contributed by atoms with van der Waals surface area (Å²) >= 11 is 0. The highest BCUT2D eigenvalue weighted by molar-refractivity contribution is 6.04. The number of nitrogens with zero attached hydrogens (tertiary/aromatic N) is 1. The number of H-pyrrole nitrogens is 1. The summed E-state index contributed by atoms with van der Waals surface area (Å²) in [6, 6.07) is 7.12. The number of hydrogen-bond acceptors (Lipinski definition) is 2. The van der Waals surface area contributed by atoms with Crippen LogP contribution in [0.5, 0.6) is 0 Å². The Balaban J connectivity index is 0.000001000. The predicted octanol–water partition coefficient (Wildman–Crippen LogP) is 1.75. The van der Waals surface area contributed by atoms with Gasteiger partial charge in [0.2, 0.25) is 0 Å². The maximum atomic E-state index is 11.8. The quantitative estimate of drug-likeness (QED) is 0.794. The van der Waals surface area contributed by atoms with Crippen LogP contribution in [0.2, 0.25) is 0 Å². The highest BCUT2D eigenvalue weighted by Crippen LogP contribution is 2.20. The van der Waals surface area contributed by atoms with Gasteiger partial charge in [-0.25, -0.2) is 4.79 Å². The lowest BCUT2D eigenvalue weighted by Gasteiger charge is -2.06. The van der Waals surface area contributed by atoms with Crippen molar-refractivity contribution in [3.05, 3.63) is 36.0 Å². The standard InChI is InChI=1S/C13H13N3O2.2H2/c1-16-12(17)11(15-13(16)18)6-8-7-14-10-5-3-2-4-9(8)10;;/h2-5,7,11,14H,6H2,1H3,(H,15,18);2*1H/t11-;;/m1../s1. The molecular weight excluding hydrogens is 230 g/mol. The molecule has 0 bridgehead atoms. The van der Waals surface area contributed by atoms with Crippen molar-refractivity contribution in [3.8, 4) is 0 Å². The van der Waals surface area contributed by atoms with Crippen molar-refractivity contribution in [1.29, 1.82) is 0 Å². The van der Waals surface area contributed by atoms with Gasteiger partial charge in [0.05, 0.1) is 0 Å². The molecular formula is C13H17N3O2. The molecule has 2 aromatic rings. The fourth-order valence-electron chi connectivity index (χ4n) is 2.30. The van der Waals surface area contributed by atoms with E-state index >= 15 is 0 Å². The third-order valence-electron chi connectivity index (χ3n) is 3.33. The Morgan fingerprint density at radius 2 is 2.11 bits per heavy atom. The van der Waals surface area contributed by atoms with Gasteiger partial charge in [-0.2, -0.15) is 0 Å². The molecule has 1 saturated heterocycles. The van der Waals surface area contributed by atoms with E-state index in [0.717, 1.165) is 21.4 Å². The number of aromatic amines is 1. The van der Waals surface area contributed by atoms with Crippen molar-refractivity contribution in [2.24, 2.45) is 0 Å². The van der Waals surface area contributed by atoms with Crippen LogP contribution in [0, 0.1) is 0 Å². The Hall–Kier alpha value is -2.30. The second-order valence-corrected chi connectivity index (χ2v) is 4.46. The molecule has 1 fully saturated rings. The maximum absolute atomic E-state index is 11.8. The van der Waals surface area contributed by atoms with Crippen LogP contribution in [0.3, 0.4) is 0 Å². The number of rotatable bonds is 2.